The molecule has 2 aromatic carbocycles. The van der Waals surface area contributed by atoms with Gasteiger partial charge in [-0.05, 0) is 29.3 Å². The van der Waals surface area contributed by atoms with Crippen molar-refractivity contribution in [3.05, 3.63) is 70.2 Å². The van der Waals surface area contributed by atoms with Gasteiger partial charge in [-0.3, -0.25) is 4.21 Å². The molecular formula is C15H12ClF3OS. The summed E-state index contributed by atoms with van der Waals surface area (Å²) in [7, 11) is -1.27. The van der Waals surface area contributed by atoms with E-state index in [1.165, 1.54) is 6.07 Å². The van der Waals surface area contributed by atoms with Gasteiger partial charge in [-0.15, -0.1) is 0 Å². The number of rotatable bonds is 4. The van der Waals surface area contributed by atoms with Crippen molar-refractivity contribution in [3.8, 4) is 0 Å². The molecule has 0 bridgehead atoms. The highest BCUT2D eigenvalue weighted by Crippen LogP contribution is 2.29. The maximum atomic E-state index is 12.6. The van der Waals surface area contributed by atoms with Crippen LogP contribution < -0.4 is 0 Å². The predicted molar refractivity (Wildman–Crippen MR) is 78.4 cm³/mol. The van der Waals surface area contributed by atoms with Gasteiger partial charge in [-0.2, -0.15) is 13.2 Å². The van der Waals surface area contributed by atoms with Gasteiger partial charge in [0.15, 0.2) is 0 Å². The van der Waals surface area contributed by atoms with E-state index in [1.54, 1.807) is 30.3 Å². The molecule has 0 spiro atoms. The third kappa shape index (κ3) is 4.86. The van der Waals surface area contributed by atoms with Crippen molar-refractivity contribution in [1.82, 2.24) is 0 Å². The van der Waals surface area contributed by atoms with Crippen LogP contribution in [0.1, 0.15) is 16.7 Å². The third-order valence-corrected chi connectivity index (χ3v) is 4.39. The Morgan fingerprint density at radius 1 is 0.952 bits per heavy atom. The van der Waals surface area contributed by atoms with Gasteiger partial charge >= 0.3 is 6.18 Å². The minimum absolute atomic E-state index is 0.0898. The molecule has 0 N–H and O–H groups in total. The zero-order valence-corrected chi connectivity index (χ0v) is 12.4. The number of halogens is 4. The Morgan fingerprint density at radius 2 is 1.57 bits per heavy atom. The van der Waals surface area contributed by atoms with Crippen molar-refractivity contribution in [2.24, 2.45) is 0 Å². The molecule has 112 valence electrons. The fourth-order valence-corrected chi connectivity index (χ4v) is 3.18. The normalized spacial score (nSPS) is 13.1. The molecule has 21 heavy (non-hydrogen) atoms. The first-order chi connectivity index (χ1) is 9.84. The van der Waals surface area contributed by atoms with E-state index in [1.807, 2.05) is 0 Å². The highest BCUT2D eigenvalue weighted by molar-refractivity contribution is 7.83. The van der Waals surface area contributed by atoms with Gasteiger partial charge in [0, 0.05) is 27.3 Å². The maximum Gasteiger partial charge on any atom is 0.416 e. The van der Waals surface area contributed by atoms with E-state index in [-0.39, 0.29) is 11.5 Å². The average molecular weight is 333 g/mol. The van der Waals surface area contributed by atoms with Crippen molar-refractivity contribution in [3.63, 3.8) is 0 Å². The van der Waals surface area contributed by atoms with E-state index in [0.29, 0.717) is 10.6 Å². The quantitative estimate of drug-likeness (QED) is 0.785. The second-order valence-corrected chi connectivity index (χ2v) is 6.45. The zero-order valence-electron chi connectivity index (χ0n) is 10.9. The molecule has 0 saturated heterocycles. The lowest BCUT2D eigenvalue weighted by Crippen LogP contribution is -2.06. The highest BCUT2D eigenvalue weighted by Gasteiger charge is 2.30. The van der Waals surface area contributed by atoms with Gasteiger partial charge in [0.2, 0.25) is 0 Å². The van der Waals surface area contributed by atoms with Crippen LogP contribution in [0.4, 0.5) is 13.2 Å². The summed E-state index contributed by atoms with van der Waals surface area (Å²) in [5.74, 6) is 0.375. The molecule has 2 rings (SSSR count). The van der Waals surface area contributed by atoms with E-state index >= 15 is 0 Å². The van der Waals surface area contributed by atoms with Crippen LogP contribution in [0.2, 0.25) is 5.02 Å². The van der Waals surface area contributed by atoms with Crippen LogP contribution in [-0.2, 0) is 28.5 Å². The van der Waals surface area contributed by atoms with Crippen molar-refractivity contribution >= 4 is 22.4 Å². The number of hydrogen-bond acceptors (Lipinski definition) is 1. The molecule has 0 saturated carbocycles. The van der Waals surface area contributed by atoms with Crippen LogP contribution >= 0.6 is 11.6 Å². The lowest BCUT2D eigenvalue weighted by molar-refractivity contribution is -0.137. The van der Waals surface area contributed by atoms with Crippen LogP contribution in [0.15, 0.2) is 48.5 Å². The van der Waals surface area contributed by atoms with Crippen LogP contribution in [-0.4, -0.2) is 4.21 Å². The minimum Gasteiger partial charge on any atom is -0.259 e. The smallest absolute Gasteiger partial charge is 0.259 e. The molecule has 6 heteroatoms. The molecule has 2 aromatic rings. The Bertz CT molecular complexity index is 638. The van der Waals surface area contributed by atoms with Crippen molar-refractivity contribution in [2.45, 2.75) is 17.7 Å². The van der Waals surface area contributed by atoms with Crippen LogP contribution in [0, 0.1) is 0 Å². The second-order valence-electron chi connectivity index (χ2n) is 4.55. The van der Waals surface area contributed by atoms with Gasteiger partial charge in [0.25, 0.3) is 0 Å². The van der Waals surface area contributed by atoms with Crippen LogP contribution in [0.3, 0.4) is 0 Å². The Morgan fingerprint density at radius 3 is 2.19 bits per heavy atom. The van der Waals surface area contributed by atoms with E-state index in [0.717, 1.165) is 17.7 Å². The fourth-order valence-electron chi connectivity index (χ4n) is 1.84. The lowest BCUT2D eigenvalue weighted by Gasteiger charge is -2.09. The number of hydrogen-bond donors (Lipinski definition) is 0. The summed E-state index contributed by atoms with van der Waals surface area (Å²) in [6.07, 6.45) is -4.38. The SMILES string of the molecule is O=[S@@](Cc1ccc(Cl)cc1)Cc1cccc(C(F)(F)F)c1. The molecule has 0 fully saturated rings. The first-order valence-corrected chi connectivity index (χ1v) is 7.97. The Labute approximate surface area is 128 Å². The standard InChI is InChI=1S/C15H12ClF3OS/c16-14-6-4-11(5-7-14)9-21(20)10-12-2-1-3-13(8-12)15(17,18)19/h1-8H,9-10H2/t21-/m0/s1. The highest BCUT2D eigenvalue weighted by atomic mass is 35.5. The molecule has 1 atom stereocenters. The van der Waals surface area contributed by atoms with E-state index in [2.05, 4.69) is 0 Å². The summed E-state index contributed by atoms with van der Waals surface area (Å²) in [5.41, 5.74) is 0.533. The third-order valence-electron chi connectivity index (χ3n) is 2.82. The summed E-state index contributed by atoms with van der Waals surface area (Å²) in [4.78, 5) is 0. The number of benzene rings is 2. The Kier molecular flexibility index (Phi) is 5.06. The van der Waals surface area contributed by atoms with Gasteiger partial charge in [0.05, 0.1) is 5.56 Å². The van der Waals surface area contributed by atoms with Gasteiger partial charge < -0.3 is 0 Å². The van der Waals surface area contributed by atoms with Gasteiger partial charge in [0.1, 0.15) is 0 Å². The monoisotopic (exact) mass is 332 g/mol. The number of alkyl halides is 3. The molecule has 0 aliphatic carbocycles. The van der Waals surface area contributed by atoms with Gasteiger partial charge in [-0.1, -0.05) is 41.9 Å². The minimum atomic E-state index is -4.38. The summed E-state index contributed by atoms with van der Waals surface area (Å²) < 4.78 is 49.8. The molecule has 0 aliphatic heterocycles. The van der Waals surface area contributed by atoms with Crippen molar-refractivity contribution in [1.29, 1.82) is 0 Å². The largest absolute Gasteiger partial charge is 0.416 e. The summed E-state index contributed by atoms with van der Waals surface area (Å²) in [6.45, 7) is 0. The van der Waals surface area contributed by atoms with E-state index in [9.17, 15) is 17.4 Å². The van der Waals surface area contributed by atoms with Crippen LogP contribution in [0.5, 0.6) is 0 Å². The molecular weight excluding hydrogens is 321 g/mol. The Balaban J connectivity index is 2.04. The molecule has 0 amide bonds. The molecule has 0 aromatic heterocycles. The zero-order chi connectivity index (χ0) is 15.5. The molecule has 0 aliphatic rings. The molecule has 0 unspecified atom stereocenters. The Hall–Kier alpha value is -1.33. The maximum absolute atomic E-state index is 12.6. The van der Waals surface area contributed by atoms with E-state index < -0.39 is 22.5 Å². The lowest BCUT2D eigenvalue weighted by atomic mass is 10.1. The van der Waals surface area contributed by atoms with Crippen molar-refractivity contribution < 1.29 is 17.4 Å². The average Bonchev–Trinajstić information content (AvgIpc) is 2.41. The van der Waals surface area contributed by atoms with Crippen molar-refractivity contribution in [2.75, 3.05) is 0 Å². The van der Waals surface area contributed by atoms with E-state index in [4.69, 9.17) is 11.6 Å². The second kappa shape index (κ2) is 6.62. The summed E-state index contributed by atoms with van der Waals surface area (Å²) in [6, 6.07) is 11.8. The summed E-state index contributed by atoms with van der Waals surface area (Å²) >= 11 is 5.76. The molecule has 0 heterocycles. The topological polar surface area (TPSA) is 17.1 Å². The van der Waals surface area contributed by atoms with Gasteiger partial charge in [-0.25, -0.2) is 0 Å². The van der Waals surface area contributed by atoms with Crippen LogP contribution in [0.25, 0.3) is 0 Å². The first-order valence-electron chi connectivity index (χ1n) is 6.10. The molecule has 1 nitrogen and oxygen atoms in total. The summed E-state index contributed by atoms with van der Waals surface area (Å²) in [5, 5.41) is 0.586. The predicted octanol–water partition coefficient (Wildman–Crippen LogP) is 4.81. The fraction of sp³-hybridized carbons (Fsp3) is 0.200. The molecule has 0 radical (unpaired) electrons. The first kappa shape index (κ1) is 16.0.